The van der Waals surface area contributed by atoms with E-state index in [4.69, 9.17) is 10.2 Å². The van der Waals surface area contributed by atoms with Crippen LogP contribution in [-0.4, -0.2) is 41.2 Å². The molecular formula is C12H15F2NO4. The van der Waals surface area contributed by atoms with Crippen molar-refractivity contribution in [3.63, 3.8) is 0 Å². The lowest BCUT2D eigenvalue weighted by Crippen LogP contribution is -2.45. The number of aliphatic hydroxyl groups excluding tert-OH is 1. The summed E-state index contributed by atoms with van der Waals surface area (Å²) in [6.07, 6.45) is 4.12. The van der Waals surface area contributed by atoms with Gasteiger partial charge in [0.25, 0.3) is 5.92 Å². The Balaban J connectivity index is 2.02. The first-order valence-electron chi connectivity index (χ1n) is 6.03. The first kappa shape index (κ1) is 13.9. The van der Waals surface area contributed by atoms with Gasteiger partial charge < -0.3 is 15.5 Å². The van der Waals surface area contributed by atoms with Crippen molar-refractivity contribution in [2.45, 2.75) is 12.3 Å². The van der Waals surface area contributed by atoms with Crippen LogP contribution in [0.5, 0.6) is 0 Å². The summed E-state index contributed by atoms with van der Waals surface area (Å²) >= 11 is 0. The number of hydrogen-bond donors (Lipinski definition) is 3. The number of alkyl halides is 2. The Bertz CT molecular complexity index is 424. The lowest BCUT2D eigenvalue weighted by molar-refractivity contribution is -0.148. The van der Waals surface area contributed by atoms with Crippen LogP contribution >= 0.6 is 0 Å². The summed E-state index contributed by atoms with van der Waals surface area (Å²) in [5.41, 5.74) is 0. The van der Waals surface area contributed by atoms with Gasteiger partial charge in [-0.1, -0.05) is 12.2 Å². The van der Waals surface area contributed by atoms with E-state index in [1.165, 1.54) is 0 Å². The van der Waals surface area contributed by atoms with Gasteiger partial charge >= 0.3 is 5.97 Å². The Morgan fingerprint density at radius 3 is 2.37 bits per heavy atom. The van der Waals surface area contributed by atoms with E-state index in [9.17, 15) is 18.4 Å². The summed E-state index contributed by atoms with van der Waals surface area (Å²) in [4.78, 5) is 23.1. The van der Waals surface area contributed by atoms with Crippen molar-refractivity contribution >= 4 is 11.9 Å². The molecule has 0 aliphatic heterocycles. The molecule has 1 amide bonds. The number of carbonyl (C=O) groups is 2. The number of hydrogen-bond acceptors (Lipinski definition) is 3. The van der Waals surface area contributed by atoms with E-state index in [1.807, 2.05) is 5.32 Å². The van der Waals surface area contributed by atoms with Crippen LogP contribution in [0, 0.1) is 23.7 Å². The van der Waals surface area contributed by atoms with E-state index in [2.05, 4.69) is 0 Å². The summed E-state index contributed by atoms with van der Waals surface area (Å²) in [6.45, 7) is -2.33. The van der Waals surface area contributed by atoms with Gasteiger partial charge in [0.1, 0.15) is 6.61 Å². The Labute approximate surface area is 108 Å². The second kappa shape index (κ2) is 4.88. The van der Waals surface area contributed by atoms with Crippen molar-refractivity contribution in [2.75, 3.05) is 13.2 Å². The van der Waals surface area contributed by atoms with Crippen LogP contribution in [0.15, 0.2) is 12.2 Å². The predicted octanol–water partition coefficient (Wildman–Crippen LogP) is 0.253. The molecule has 2 aliphatic carbocycles. The molecule has 4 unspecified atom stereocenters. The number of carbonyl (C=O) groups excluding carboxylic acids is 1. The molecule has 7 heteroatoms. The Hall–Kier alpha value is -1.50. The normalized spacial score (nSPS) is 32.6. The van der Waals surface area contributed by atoms with E-state index in [1.54, 1.807) is 12.2 Å². The number of amides is 1. The third kappa shape index (κ3) is 2.60. The van der Waals surface area contributed by atoms with Gasteiger partial charge in [-0.15, -0.1) is 0 Å². The maximum atomic E-state index is 12.8. The summed E-state index contributed by atoms with van der Waals surface area (Å²) in [7, 11) is 0. The van der Waals surface area contributed by atoms with Crippen LogP contribution in [0.25, 0.3) is 0 Å². The fourth-order valence-corrected chi connectivity index (χ4v) is 2.91. The minimum atomic E-state index is -3.39. The summed E-state index contributed by atoms with van der Waals surface area (Å²) in [6, 6.07) is 0. The molecule has 2 bridgehead atoms. The molecule has 0 heterocycles. The molecule has 2 aliphatic rings. The quantitative estimate of drug-likeness (QED) is 0.628. The molecule has 0 aromatic heterocycles. The zero-order chi connectivity index (χ0) is 14.2. The maximum absolute atomic E-state index is 12.8. The highest BCUT2D eigenvalue weighted by Crippen LogP contribution is 2.48. The molecule has 1 fully saturated rings. The first-order chi connectivity index (χ1) is 8.85. The molecule has 0 aromatic rings. The molecule has 2 rings (SSSR count). The fraction of sp³-hybridized carbons (Fsp3) is 0.667. The van der Waals surface area contributed by atoms with E-state index in [0.29, 0.717) is 6.42 Å². The van der Waals surface area contributed by atoms with Crippen molar-refractivity contribution in [1.29, 1.82) is 0 Å². The largest absolute Gasteiger partial charge is 0.481 e. The second-order valence-electron chi connectivity index (χ2n) is 5.07. The Kier molecular flexibility index (Phi) is 3.58. The molecule has 0 radical (unpaired) electrons. The number of nitrogens with one attached hydrogen (secondary N) is 1. The number of allylic oxidation sites excluding steroid dienone is 2. The number of fused-ring (bicyclic) bond motifs is 2. The van der Waals surface area contributed by atoms with Gasteiger partial charge in [0.2, 0.25) is 5.91 Å². The highest BCUT2D eigenvalue weighted by Gasteiger charge is 2.51. The molecule has 0 saturated heterocycles. The van der Waals surface area contributed by atoms with Crippen molar-refractivity contribution in [1.82, 2.24) is 5.32 Å². The SMILES string of the molecule is O=C(O)C1C2C=CC(C2)C1C(=O)NCC(F)(F)CO. The average Bonchev–Trinajstić information content (AvgIpc) is 2.95. The zero-order valence-corrected chi connectivity index (χ0v) is 10.1. The summed E-state index contributed by atoms with van der Waals surface area (Å²) < 4.78 is 25.7. The van der Waals surface area contributed by atoms with Gasteiger partial charge in [-0.3, -0.25) is 9.59 Å². The van der Waals surface area contributed by atoms with Crippen LogP contribution in [0.3, 0.4) is 0 Å². The van der Waals surface area contributed by atoms with Gasteiger partial charge in [-0.2, -0.15) is 0 Å². The minimum absolute atomic E-state index is 0.198. The summed E-state index contributed by atoms with van der Waals surface area (Å²) in [5.74, 6) is -7.20. The lowest BCUT2D eigenvalue weighted by atomic mass is 9.82. The third-order valence-corrected chi connectivity index (χ3v) is 3.80. The number of rotatable bonds is 5. The van der Waals surface area contributed by atoms with Gasteiger partial charge in [0, 0.05) is 0 Å². The molecule has 1 saturated carbocycles. The Morgan fingerprint density at radius 2 is 1.84 bits per heavy atom. The molecular weight excluding hydrogens is 260 g/mol. The molecule has 0 aromatic carbocycles. The van der Waals surface area contributed by atoms with Crippen LogP contribution in [0.2, 0.25) is 0 Å². The molecule has 5 nitrogen and oxygen atoms in total. The number of aliphatic carboxylic acids is 1. The van der Waals surface area contributed by atoms with Crippen LogP contribution in [0.1, 0.15) is 6.42 Å². The van der Waals surface area contributed by atoms with Gasteiger partial charge in [-0.25, -0.2) is 8.78 Å². The first-order valence-corrected chi connectivity index (χ1v) is 6.03. The number of carboxylic acid groups (broad SMARTS) is 1. The number of halogens is 2. The maximum Gasteiger partial charge on any atom is 0.307 e. The minimum Gasteiger partial charge on any atom is -0.481 e. The second-order valence-corrected chi connectivity index (χ2v) is 5.07. The van der Waals surface area contributed by atoms with Gasteiger partial charge in [0.05, 0.1) is 18.4 Å². The average molecular weight is 275 g/mol. The standard InChI is InChI=1S/C12H15F2NO4/c13-12(14,5-16)4-15-10(17)8-6-1-2-7(3-6)9(8)11(18)19/h1-2,6-9,16H,3-5H2,(H,15,17)(H,18,19). The highest BCUT2D eigenvalue weighted by atomic mass is 19.3. The predicted molar refractivity (Wildman–Crippen MR) is 60.4 cm³/mol. The van der Waals surface area contributed by atoms with Crippen LogP contribution < -0.4 is 5.32 Å². The van der Waals surface area contributed by atoms with Crippen molar-refractivity contribution < 1.29 is 28.6 Å². The monoisotopic (exact) mass is 275 g/mol. The Morgan fingerprint density at radius 1 is 1.26 bits per heavy atom. The number of carboxylic acids is 1. The topological polar surface area (TPSA) is 86.6 Å². The van der Waals surface area contributed by atoms with E-state index in [-0.39, 0.29) is 11.8 Å². The third-order valence-electron chi connectivity index (χ3n) is 3.80. The molecule has 19 heavy (non-hydrogen) atoms. The van der Waals surface area contributed by atoms with Gasteiger partial charge in [0.15, 0.2) is 0 Å². The van der Waals surface area contributed by atoms with E-state index >= 15 is 0 Å². The zero-order valence-electron chi connectivity index (χ0n) is 10.1. The lowest BCUT2D eigenvalue weighted by Gasteiger charge is -2.24. The summed E-state index contributed by atoms with van der Waals surface area (Å²) in [5, 5.41) is 19.6. The van der Waals surface area contributed by atoms with Crippen LogP contribution in [-0.2, 0) is 9.59 Å². The van der Waals surface area contributed by atoms with Crippen molar-refractivity contribution in [3.8, 4) is 0 Å². The number of aliphatic hydroxyl groups is 1. The molecule has 4 atom stereocenters. The van der Waals surface area contributed by atoms with Crippen LogP contribution in [0.4, 0.5) is 8.78 Å². The molecule has 3 N–H and O–H groups in total. The van der Waals surface area contributed by atoms with E-state index in [0.717, 1.165) is 0 Å². The van der Waals surface area contributed by atoms with E-state index < -0.39 is 42.8 Å². The van der Waals surface area contributed by atoms with Crippen molar-refractivity contribution in [3.05, 3.63) is 12.2 Å². The molecule has 0 spiro atoms. The highest BCUT2D eigenvalue weighted by molar-refractivity contribution is 5.86. The van der Waals surface area contributed by atoms with Gasteiger partial charge in [-0.05, 0) is 18.3 Å². The van der Waals surface area contributed by atoms with Crippen molar-refractivity contribution in [2.24, 2.45) is 23.7 Å². The molecule has 106 valence electrons. The smallest absolute Gasteiger partial charge is 0.307 e. The fourth-order valence-electron chi connectivity index (χ4n) is 2.91.